The van der Waals surface area contributed by atoms with Crippen molar-refractivity contribution in [3.63, 3.8) is 0 Å². The highest BCUT2D eigenvalue weighted by Crippen LogP contribution is 2.42. The Labute approximate surface area is 283 Å². The molecule has 0 aliphatic carbocycles. The van der Waals surface area contributed by atoms with Gasteiger partial charge in [-0.1, -0.05) is 103 Å². The first-order valence-corrected chi connectivity index (χ1v) is 16.7. The van der Waals surface area contributed by atoms with E-state index >= 15 is 0 Å². The van der Waals surface area contributed by atoms with Crippen molar-refractivity contribution in [1.82, 2.24) is 4.57 Å². The van der Waals surface area contributed by atoms with Crippen LogP contribution in [0.5, 0.6) is 0 Å². The van der Waals surface area contributed by atoms with E-state index in [0.717, 1.165) is 50.3 Å². The van der Waals surface area contributed by atoms with Crippen LogP contribution >= 0.6 is 0 Å². The molecule has 0 aliphatic rings. The second-order valence-corrected chi connectivity index (χ2v) is 12.6. The lowest BCUT2D eigenvalue weighted by Gasteiger charge is -2.26. The van der Waals surface area contributed by atoms with Crippen LogP contribution in [0.2, 0.25) is 0 Å². The minimum absolute atomic E-state index is 0.903. The summed E-state index contributed by atoms with van der Waals surface area (Å²) in [5.74, 6) is 0. The van der Waals surface area contributed by atoms with E-state index in [4.69, 9.17) is 4.42 Å². The van der Waals surface area contributed by atoms with Gasteiger partial charge >= 0.3 is 0 Å². The summed E-state index contributed by atoms with van der Waals surface area (Å²) in [4.78, 5) is 2.35. The Kier molecular flexibility index (Phi) is 6.18. The van der Waals surface area contributed by atoms with Crippen LogP contribution in [0.15, 0.2) is 186 Å². The van der Waals surface area contributed by atoms with Crippen LogP contribution < -0.4 is 4.90 Å². The molecule has 0 spiro atoms. The molecule has 0 unspecified atom stereocenters. The molecule has 0 saturated carbocycles. The second-order valence-electron chi connectivity index (χ2n) is 12.6. The zero-order valence-electron chi connectivity index (χ0n) is 26.6. The zero-order valence-corrected chi connectivity index (χ0v) is 26.6. The Morgan fingerprint density at radius 2 is 1.06 bits per heavy atom. The largest absolute Gasteiger partial charge is 0.456 e. The van der Waals surface area contributed by atoms with Gasteiger partial charge < -0.3 is 13.9 Å². The maximum Gasteiger partial charge on any atom is 0.136 e. The van der Waals surface area contributed by atoms with Crippen LogP contribution in [0.3, 0.4) is 0 Å². The molecule has 0 radical (unpaired) electrons. The van der Waals surface area contributed by atoms with E-state index in [1.54, 1.807) is 0 Å². The predicted octanol–water partition coefficient (Wildman–Crippen LogP) is 13.0. The lowest BCUT2D eigenvalue weighted by atomic mass is 9.98. The zero-order chi connectivity index (χ0) is 32.3. The first-order valence-electron chi connectivity index (χ1n) is 16.7. The van der Waals surface area contributed by atoms with Gasteiger partial charge in [0, 0.05) is 44.3 Å². The lowest BCUT2D eigenvalue weighted by molar-refractivity contribution is 0.669. The maximum atomic E-state index is 6.39. The first-order chi connectivity index (χ1) is 24.3. The van der Waals surface area contributed by atoms with Gasteiger partial charge in [-0.3, -0.25) is 0 Å². The molecule has 0 atom stereocenters. The minimum atomic E-state index is 0.903. The van der Waals surface area contributed by atoms with E-state index in [1.807, 2.05) is 0 Å². The van der Waals surface area contributed by atoms with E-state index in [-0.39, 0.29) is 0 Å². The third kappa shape index (κ3) is 4.44. The SMILES string of the molecule is c1ccc(N(c2ccc(-c3cccc4oc5cc6ccccc6cc5c34)cc2)c2ccc3c(c2)c2ccccc2n3-c2ccccc2)cc1. The van der Waals surface area contributed by atoms with Gasteiger partial charge in [-0.2, -0.15) is 0 Å². The van der Waals surface area contributed by atoms with Gasteiger partial charge in [-0.15, -0.1) is 0 Å². The minimum Gasteiger partial charge on any atom is -0.456 e. The van der Waals surface area contributed by atoms with Gasteiger partial charge in [0.15, 0.2) is 0 Å². The van der Waals surface area contributed by atoms with Gasteiger partial charge in [-0.25, -0.2) is 0 Å². The van der Waals surface area contributed by atoms with Crippen LogP contribution in [0, 0.1) is 0 Å². The number of hydrogen-bond donors (Lipinski definition) is 0. The molecule has 10 rings (SSSR count). The molecule has 49 heavy (non-hydrogen) atoms. The maximum absolute atomic E-state index is 6.39. The summed E-state index contributed by atoms with van der Waals surface area (Å²) in [6.45, 7) is 0. The Morgan fingerprint density at radius 3 is 1.88 bits per heavy atom. The van der Waals surface area contributed by atoms with Crippen molar-refractivity contribution in [3.8, 4) is 16.8 Å². The summed E-state index contributed by atoms with van der Waals surface area (Å²) in [5, 5.41) is 7.15. The number of anilines is 3. The molecule has 0 saturated heterocycles. The number of rotatable bonds is 5. The average Bonchev–Trinajstić information content (AvgIpc) is 3.70. The summed E-state index contributed by atoms with van der Waals surface area (Å²) < 4.78 is 8.75. The highest BCUT2D eigenvalue weighted by Gasteiger charge is 2.18. The summed E-state index contributed by atoms with van der Waals surface area (Å²) in [6, 6.07) is 64.9. The highest BCUT2D eigenvalue weighted by atomic mass is 16.3. The van der Waals surface area contributed by atoms with Crippen LogP contribution in [0.4, 0.5) is 17.1 Å². The first kappa shape index (κ1) is 27.5. The Morgan fingerprint density at radius 1 is 0.408 bits per heavy atom. The number of furan rings is 1. The number of hydrogen-bond acceptors (Lipinski definition) is 2. The van der Waals surface area contributed by atoms with Crippen LogP contribution in [0.25, 0.3) is 71.3 Å². The van der Waals surface area contributed by atoms with Crippen molar-refractivity contribution in [2.75, 3.05) is 4.90 Å². The van der Waals surface area contributed by atoms with Crippen LogP contribution in [-0.4, -0.2) is 4.57 Å². The van der Waals surface area contributed by atoms with Crippen molar-refractivity contribution in [3.05, 3.63) is 182 Å². The van der Waals surface area contributed by atoms with Gasteiger partial charge in [0.1, 0.15) is 11.2 Å². The van der Waals surface area contributed by atoms with E-state index in [9.17, 15) is 0 Å². The molecule has 2 aromatic heterocycles. The summed E-state index contributed by atoms with van der Waals surface area (Å²) in [5.41, 5.74) is 11.0. The molecule has 0 aliphatic heterocycles. The van der Waals surface area contributed by atoms with Crippen molar-refractivity contribution in [1.29, 1.82) is 0 Å². The molecule has 3 heteroatoms. The molecule has 8 aromatic carbocycles. The quantitative estimate of drug-likeness (QED) is 0.190. The molecule has 0 amide bonds. The second kappa shape index (κ2) is 11.0. The number of benzene rings is 8. The molecular weight excluding hydrogens is 597 g/mol. The smallest absolute Gasteiger partial charge is 0.136 e. The summed E-state index contributed by atoms with van der Waals surface area (Å²) in [7, 11) is 0. The topological polar surface area (TPSA) is 21.3 Å². The number of para-hydroxylation sites is 3. The molecule has 0 bridgehead atoms. The molecule has 0 fully saturated rings. The monoisotopic (exact) mass is 626 g/mol. The Balaban J connectivity index is 1.12. The van der Waals surface area contributed by atoms with Crippen molar-refractivity contribution in [2.45, 2.75) is 0 Å². The van der Waals surface area contributed by atoms with E-state index in [0.29, 0.717) is 0 Å². The Bertz CT molecular complexity index is 2810. The van der Waals surface area contributed by atoms with Gasteiger partial charge in [0.2, 0.25) is 0 Å². The van der Waals surface area contributed by atoms with Crippen molar-refractivity contribution < 1.29 is 4.42 Å². The van der Waals surface area contributed by atoms with Crippen LogP contribution in [-0.2, 0) is 0 Å². The standard InChI is InChI=1S/C46H30N2O/c1-3-14-34(15-4-1)47(37-26-27-43-40(30-37)39-18-9-10-20-42(39)48(43)35-16-5-2-6-17-35)36-24-22-31(23-25-36)38-19-11-21-44-46(38)41-28-32-12-7-8-13-33(32)29-45(41)49-44/h1-30H. The number of fused-ring (bicyclic) bond motifs is 7. The van der Waals surface area contributed by atoms with Crippen LogP contribution in [0.1, 0.15) is 0 Å². The molecule has 2 heterocycles. The molecule has 10 aromatic rings. The van der Waals surface area contributed by atoms with Crippen molar-refractivity contribution in [2.24, 2.45) is 0 Å². The lowest BCUT2D eigenvalue weighted by Crippen LogP contribution is -2.09. The molecule has 230 valence electrons. The van der Waals surface area contributed by atoms with E-state index in [1.165, 1.54) is 38.1 Å². The predicted molar refractivity (Wildman–Crippen MR) is 206 cm³/mol. The molecular formula is C46H30N2O. The van der Waals surface area contributed by atoms with Gasteiger partial charge in [0.05, 0.1) is 11.0 Å². The third-order valence-electron chi connectivity index (χ3n) is 9.74. The normalized spacial score (nSPS) is 11.7. The van der Waals surface area contributed by atoms with E-state index in [2.05, 4.69) is 191 Å². The number of aromatic nitrogens is 1. The fourth-order valence-electron chi connectivity index (χ4n) is 7.52. The highest BCUT2D eigenvalue weighted by molar-refractivity contribution is 6.15. The Hall–Kier alpha value is -6.58. The molecule has 3 nitrogen and oxygen atoms in total. The molecule has 0 N–H and O–H groups in total. The fraction of sp³-hybridized carbons (Fsp3) is 0. The van der Waals surface area contributed by atoms with Gasteiger partial charge in [0.25, 0.3) is 0 Å². The van der Waals surface area contributed by atoms with Crippen molar-refractivity contribution >= 4 is 71.6 Å². The van der Waals surface area contributed by atoms with Gasteiger partial charge in [-0.05, 0) is 101 Å². The average molecular weight is 627 g/mol. The summed E-state index contributed by atoms with van der Waals surface area (Å²) >= 11 is 0. The fourth-order valence-corrected chi connectivity index (χ4v) is 7.52. The third-order valence-corrected chi connectivity index (χ3v) is 9.74. The summed E-state index contributed by atoms with van der Waals surface area (Å²) in [6.07, 6.45) is 0. The number of nitrogens with zero attached hydrogens (tertiary/aromatic N) is 2. The van der Waals surface area contributed by atoms with E-state index < -0.39 is 0 Å².